The number of carbonyl (C=O) groups is 1. The van der Waals surface area contributed by atoms with Crippen molar-refractivity contribution in [3.05, 3.63) is 89.8 Å². The van der Waals surface area contributed by atoms with Gasteiger partial charge in [0.05, 0.1) is 11.4 Å². The van der Waals surface area contributed by atoms with Gasteiger partial charge in [0.25, 0.3) is 5.91 Å². The first-order valence-electron chi connectivity index (χ1n) is 8.27. The SMILES string of the molecule is C=C(NC(C)c1ccccc1)c1n[nH]cc1NC(=O)c1c(F)cccc1F. The second-order valence-electron chi connectivity index (χ2n) is 5.95. The summed E-state index contributed by atoms with van der Waals surface area (Å²) in [5, 5.41) is 12.4. The minimum Gasteiger partial charge on any atom is -0.377 e. The average molecular weight is 368 g/mol. The highest BCUT2D eigenvalue weighted by atomic mass is 19.1. The molecule has 0 aliphatic rings. The molecule has 0 saturated heterocycles. The third kappa shape index (κ3) is 4.03. The van der Waals surface area contributed by atoms with Gasteiger partial charge in [-0.3, -0.25) is 9.89 Å². The molecular formula is C20H18F2N4O. The van der Waals surface area contributed by atoms with E-state index in [9.17, 15) is 13.6 Å². The van der Waals surface area contributed by atoms with Crippen LogP contribution in [0.3, 0.4) is 0 Å². The van der Waals surface area contributed by atoms with E-state index in [0.29, 0.717) is 11.4 Å². The van der Waals surface area contributed by atoms with Crippen LogP contribution < -0.4 is 10.6 Å². The van der Waals surface area contributed by atoms with Gasteiger partial charge in [-0.05, 0) is 24.6 Å². The number of halogens is 2. The lowest BCUT2D eigenvalue weighted by Gasteiger charge is -2.17. The second-order valence-corrected chi connectivity index (χ2v) is 5.95. The molecule has 3 rings (SSSR count). The number of amides is 1. The molecule has 0 radical (unpaired) electrons. The third-order valence-corrected chi connectivity index (χ3v) is 4.05. The molecule has 0 bridgehead atoms. The molecule has 1 amide bonds. The van der Waals surface area contributed by atoms with Gasteiger partial charge < -0.3 is 10.6 Å². The maximum Gasteiger partial charge on any atom is 0.261 e. The molecule has 0 aliphatic heterocycles. The van der Waals surface area contributed by atoms with Gasteiger partial charge in [-0.2, -0.15) is 5.10 Å². The van der Waals surface area contributed by atoms with Gasteiger partial charge in [-0.15, -0.1) is 0 Å². The third-order valence-electron chi connectivity index (χ3n) is 4.05. The van der Waals surface area contributed by atoms with E-state index in [1.165, 1.54) is 12.3 Å². The van der Waals surface area contributed by atoms with E-state index in [1.54, 1.807) is 0 Å². The smallest absolute Gasteiger partial charge is 0.261 e. The Morgan fingerprint density at radius 1 is 1.11 bits per heavy atom. The van der Waals surface area contributed by atoms with Gasteiger partial charge in [-0.25, -0.2) is 8.78 Å². The van der Waals surface area contributed by atoms with E-state index in [2.05, 4.69) is 27.4 Å². The number of aromatic nitrogens is 2. The fourth-order valence-corrected chi connectivity index (χ4v) is 2.67. The topological polar surface area (TPSA) is 69.8 Å². The van der Waals surface area contributed by atoms with Crippen LogP contribution in [0.4, 0.5) is 14.5 Å². The van der Waals surface area contributed by atoms with Crippen molar-refractivity contribution in [2.75, 3.05) is 5.32 Å². The number of H-pyrrole nitrogens is 1. The van der Waals surface area contributed by atoms with Crippen LogP contribution in [0.15, 0.2) is 61.3 Å². The molecular weight excluding hydrogens is 350 g/mol. The lowest BCUT2D eigenvalue weighted by Crippen LogP contribution is -2.19. The van der Waals surface area contributed by atoms with Gasteiger partial charge in [-0.1, -0.05) is 43.0 Å². The van der Waals surface area contributed by atoms with Gasteiger partial charge in [0, 0.05) is 12.2 Å². The molecule has 3 aromatic rings. The summed E-state index contributed by atoms with van der Waals surface area (Å²) in [4.78, 5) is 12.3. The van der Waals surface area contributed by atoms with Crippen LogP contribution in [0.5, 0.6) is 0 Å². The van der Waals surface area contributed by atoms with Gasteiger partial charge in [0.2, 0.25) is 0 Å². The fourth-order valence-electron chi connectivity index (χ4n) is 2.67. The maximum absolute atomic E-state index is 13.8. The van der Waals surface area contributed by atoms with Crippen molar-refractivity contribution >= 4 is 17.3 Å². The zero-order chi connectivity index (χ0) is 19.4. The number of benzene rings is 2. The highest BCUT2D eigenvalue weighted by molar-refractivity contribution is 6.05. The van der Waals surface area contributed by atoms with Crippen molar-refractivity contribution in [2.24, 2.45) is 0 Å². The summed E-state index contributed by atoms with van der Waals surface area (Å²) in [6, 6.07) is 12.9. The Hall–Kier alpha value is -3.48. The van der Waals surface area contributed by atoms with Crippen LogP contribution in [-0.2, 0) is 0 Å². The van der Waals surface area contributed by atoms with Crippen LogP contribution in [0.2, 0.25) is 0 Å². The van der Waals surface area contributed by atoms with Crippen molar-refractivity contribution in [2.45, 2.75) is 13.0 Å². The molecule has 1 heterocycles. The van der Waals surface area contributed by atoms with E-state index in [0.717, 1.165) is 17.7 Å². The number of aromatic amines is 1. The molecule has 1 unspecified atom stereocenters. The molecule has 2 aromatic carbocycles. The van der Waals surface area contributed by atoms with Crippen LogP contribution >= 0.6 is 0 Å². The van der Waals surface area contributed by atoms with Crippen molar-refractivity contribution in [1.29, 1.82) is 0 Å². The highest BCUT2D eigenvalue weighted by Crippen LogP contribution is 2.23. The first kappa shape index (κ1) is 18.3. The van der Waals surface area contributed by atoms with E-state index < -0.39 is 23.1 Å². The zero-order valence-corrected chi connectivity index (χ0v) is 14.6. The number of nitrogens with zero attached hydrogens (tertiary/aromatic N) is 1. The predicted molar refractivity (Wildman–Crippen MR) is 99.9 cm³/mol. The number of rotatable bonds is 6. The predicted octanol–water partition coefficient (Wildman–Crippen LogP) is 4.26. The van der Waals surface area contributed by atoms with Gasteiger partial charge in [0.1, 0.15) is 22.9 Å². The lowest BCUT2D eigenvalue weighted by atomic mass is 10.1. The van der Waals surface area contributed by atoms with Crippen molar-refractivity contribution < 1.29 is 13.6 Å². The van der Waals surface area contributed by atoms with Crippen LogP contribution in [0.1, 0.15) is 34.6 Å². The fraction of sp³-hybridized carbons (Fsp3) is 0.100. The van der Waals surface area contributed by atoms with Crippen molar-refractivity contribution in [1.82, 2.24) is 15.5 Å². The molecule has 0 saturated carbocycles. The number of hydrogen-bond acceptors (Lipinski definition) is 3. The number of carbonyl (C=O) groups excluding carboxylic acids is 1. The lowest BCUT2D eigenvalue weighted by molar-refractivity contribution is 0.101. The molecule has 1 aromatic heterocycles. The van der Waals surface area contributed by atoms with Crippen LogP contribution in [0.25, 0.3) is 5.70 Å². The number of hydrogen-bond donors (Lipinski definition) is 3. The van der Waals surface area contributed by atoms with Gasteiger partial charge >= 0.3 is 0 Å². The molecule has 27 heavy (non-hydrogen) atoms. The summed E-state index contributed by atoms with van der Waals surface area (Å²) in [5.74, 6) is -2.78. The molecule has 0 fully saturated rings. The molecule has 7 heteroatoms. The Morgan fingerprint density at radius 3 is 2.44 bits per heavy atom. The summed E-state index contributed by atoms with van der Waals surface area (Å²) in [6.07, 6.45) is 1.42. The minimum atomic E-state index is -0.938. The van der Waals surface area contributed by atoms with Crippen molar-refractivity contribution in [3.8, 4) is 0 Å². The minimum absolute atomic E-state index is 0.0528. The monoisotopic (exact) mass is 368 g/mol. The Labute approximate surface area is 155 Å². The molecule has 138 valence electrons. The standard InChI is InChI=1S/C20H18F2N4O/c1-12(14-7-4-3-5-8-14)24-13(2)19-17(11-23-26-19)25-20(27)18-15(21)9-6-10-16(18)22/h3-12,24H,2H2,1H3,(H,23,26)(H,25,27). The summed E-state index contributed by atoms with van der Waals surface area (Å²) in [5.41, 5.74) is 1.47. The van der Waals surface area contributed by atoms with E-state index in [4.69, 9.17) is 0 Å². The molecule has 0 spiro atoms. The van der Waals surface area contributed by atoms with E-state index in [-0.39, 0.29) is 11.7 Å². The molecule has 3 N–H and O–H groups in total. The largest absolute Gasteiger partial charge is 0.377 e. The van der Waals surface area contributed by atoms with Gasteiger partial charge in [0.15, 0.2) is 0 Å². The molecule has 5 nitrogen and oxygen atoms in total. The highest BCUT2D eigenvalue weighted by Gasteiger charge is 2.20. The summed E-state index contributed by atoms with van der Waals surface area (Å²) >= 11 is 0. The normalized spacial score (nSPS) is 11.7. The quantitative estimate of drug-likeness (QED) is 0.609. The Morgan fingerprint density at radius 2 is 1.78 bits per heavy atom. The maximum atomic E-state index is 13.8. The number of anilines is 1. The Balaban J connectivity index is 1.76. The zero-order valence-electron chi connectivity index (χ0n) is 14.6. The Bertz CT molecular complexity index is 949. The van der Waals surface area contributed by atoms with Crippen LogP contribution in [-0.4, -0.2) is 16.1 Å². The first-order valence-corrected chi connectivity index (χ1v) is 8.27. The first-order chi connectivity index (χ1) is 13.0. The van der Waals surface area contributed by atoms with E-state index in [1.807, 2.05) is 37.3 Å². The summed E-state index contributed by atoms with van der Waals surface area (Å²) in [7, 11) is 0. The molecule has 0 aliphatic carbocycles. The summed E-state index contributed by atoms with van der Waals surface area (Å²) < 4.78 is 27.6. The number of nitrogens with one attached hydrogen (secondary N) is 3. The van der Waals surface area contributed by atoms with Crippen molar-refractivity contribution in [3.63, 3.8) is 0 Å². The summed E-state index contributed by atoms with van der Waals surface area (Å²) in [6.45, 7) is 5.90. The average Bonchev–Trinajstić information content (AvgIpc) is 3.10. The second kappa shape index (κ2) is 7.82. The molecule has 1 atom stereocenters. The Kier molecular flexibility index (Phi) is 5.30. The van der Waals surface area contributed by atoms with Crippen LogP contribution in [0, 0.1) is 11.6 Å². The van der Waals surface area contributed by atoms with E-state index >= 15 is 0 Å².